The van der Waals surface area contributed by atoms with Crippen LogP contribution in [-0.2, 0) is 4.79 Å². The van der Waals surface area contributed by atoms with E-state index in [2.05, 4.69) is 5.32 Å². The normalized spacial score (nSPS) is 18.7. The summed E-state index contributed by atoms with van der Waals surface area (Å²) in [7, 11) is 0. The number of hydrogen-bond donors (Lipinski definition) is 2. The van der Waals surface area contributed by atoms with Gasteiger partial charge in [-0.2, -0.15) is 0 Å². The number of para-hydroxylation sites is 1. The number of rotatable bonds is 3. The topological polar surface area (TPSA) is 52.6 Å². The van der Waals surface area contributed by atoms with Gasteiger partial charge in [-0.25, -0.2) is 0 Å². The fourth-order valence-corrected chi connectivity index (χ4v) is 2.20. The van der Waals surface area contributed by atoms with E-state index in [1.165, 1.54) is 0 Å². The molecule has 92 valence electrons. The van der Waals surface area contributed by atoms with Gasteiger partial charge in [0.25, 0.3) is 0 Å². The van der Waals surface area contributed by atoms with Gasteiger partial charge in [0.2, 0.25) is 5.91 Å². The van der Waals surface area contributed by atoms with E-state index in [4.69, 9.17) is 0 Å². The molecule has 17 heavy (non-hydrogen) atoms. The molecule has 2 N–H and O–H groups in total. The molecule has 0 aromatic heterocycles. The molecule has 1 heterocycles. The van der Waals surface area contributed by atoms with Crippen LogP contribution in [0.1, 0.15) is 25.0 Å². The Hall–Kier alpha value is -1.55. The lowest BCUT2D eigenvalue weighted by Crippen LogP contribution is -2.40. The first-order chi connectivity index (χ1) is 8.22. The SMILES string of the molecule is CCNC(=O)CN1CCC(O)c2ccccc21. The van der Waals surface area contributed by atoms with Crippen LogP contribution in [0.4, 0.5) is 5.69 Å². The van der Waals surface area contributed by atoms with Crippen molar-refractivity contribution in [2.45, 2.75) is 19.4 Å². The van der Waals surface area contributed by atoms with Crippen molar-refractivity contribution in [2.75, 3.05) is 24.5 Å². The van der Waals surface area contributed by atoms with Gasteiger partial charge < -0.3 is 15.3 Å². The third-order valence-electron chi connectivity index (χ3n) is 3.02. The number of nitrogens with zero attached hydrogens (tertiary/aromatic N) is 1. The highest BCUT2D eigenvalue weighted by Gasteiger charge is 2.23. The largest absolute Gasteiger partial charge is 0.388 e. The highest BCUT2D eigenvalue weighted by atomic mass is 16.3. The van der Waals surface area contributed by atoms with Crippen LogP contribution in [0.2, 0.25) is 0 Å². The van der Waals surface area contributed by atoms with Crippen molar-refractivity contribution in [1.82, 2.24) is 5.32 Å². The van der Waals surface area contributed by atoms with Crippen molar-refractivity contribution >= 4 is 11.6 Å². The third kappa shape index (κ3) is 2.58. The van der Waals surface area contributed by atoms with Gasteiger partial charge in [0, 0.05) is 24.3 Å². The predicted molar refractivity (Wildman–Crippen MR) is 66.9 cm³/mol. The average molecular weight is 234 g/mol. The van der Waals surface area contributed by atoms with Crippen molar-refractivity contribution in [2.24, 2.45) is 0 Å². The molecule has 1 aromatic rings. The molecule has 1 aromatic carbocycles. The Morgan fingerprint density at radius 1 is 1.53 bits per heavy atom. The fourth-order valence-electron chi connectivity index (χ4n) is 2.20. The molecule has 2 rings (SSSR count). The molecular formula is C13H18N2O2. The second-order valence-electron chi connectivity index (χ2n) is 4.24. The van der Waals surface area contributed by atoms with Crippen LogP contribution in [0.3, 0.4) is 0 Å². The number of likely N-dealkylation sites (N-methyl/N-ethyl adjacent to an activating group) is 1. The second-order valence-corrected chi connectivity index (χ2v) is 4.24. The molecule has 0 saturated heterocycles. The summed E-state index contributed by atoms with van der Waals surface area (Å²) in [6.45, 7) is 3.63. The number of amides is 1. The molecule has 1 aliphatic rings. The Labute approximate surface area is 101 Å². The number of anilines is 1. The Morgan fingerprint density at radius 2 is 2.29 bits per heavy atom. The lowest BCUT2D eigenvalue weighted by atomic mass is 9.99. The van der Waals surface area contributed by atoms with E-state index in [0.717, 1.165) is 17.8 Å². The molecule has 1 aliphatic heterocycles. The Kier molecular flexibility index (Phi) is 3.64. The molecule has 0 aliphatic carbocycles. The summed E-state index contributed by atoms with van der Waals surface area (Å²) in [6, 6.07) is 7.72. The first-order valence-electron chi connectivity index (χ1n) is 6.01. The van der Waals surface area contributed by atoms with E-state index in [9.17, 15) is 9.90 Å². The second kappa shape index (κ2) is 5.19. The zero-order valence-electron chi connectivity index (χ0n) is 10.0. The van der Waals surface area contributed by atoms with Crippen LogP contribution in [0.15, 0.2) is 24.3 Å². The summed E-state index contributed by atoms with van der Waals surface area (Å²) in [5.41, 5.74) is 1.89. The summed E-state index contributed by atoms with van der Waals surface area (Å²) < 4.78 is 0. The molecule has 0 saturated carbocycles. The smallest absolute Gasteiger partial charge is 0.239 e. The van der Waals surface area contributed by atoms with Crippen molar-refractivity contribution in [3.63, 3.8) is 0 Å². The van der Waals surface area contributed by atoms with Crippen molar-refractivity contribution < 1.29 is 9.90 Å². The number of aliphatic hydroxyl groups excluding tert-OH is 1. The summed E-state index contributed by atoms with van der Waals surface area (Å²) in [5, 5.41) is 12.7. The lowest BCUT2D eigenvalue weighted by molar-refractivity contribution is -0.119. The molecule has 0 bridgehead atoms. The van der Waals surface area contributed by atoms with E-state index >= 15 is 0 Å². The summed E-state index contributed by atoms with van der Waals surface area (Å²) >= 11 is 0. The Bertz CT molecular complexity index is 406. The standard InChI is InChI=1S/C13H18N2O2/c1-2-14-13(17)9-15-8-7-12(16)10-5-3-4-6-11(10)15/h3-6,12,16H,2,7-9H2,1H3,(H,14,17). The van der Waals surface area contributed by atoms with Crippen LogP contribution < -0.4 is 10.2 Å². The highest BCUT2D eigenvalue weighted by molar-refractivity contribution is 5.81. The number of benzene rings is 1. The highest BCUT2D eigenvalue weighted by Crippen LogP contribution is 2.32. The average Bonchev–Trinajstić information content (AvgIpc) is 2.34. The van der Waals surface area contributed by atoms with Crippen molar-refractivity contribution in [3.8, 4) is 0 Å². The number of aliphatic hydroxyl groups is 1. The van der Waals surface area contributed by atoms with Gasteiger partial charge in [-0.1, -0.05) is 18.2 Å². The summed E-state index contributed by atoms with van der Waals surface area (Å²) in [5.74, 6) is 0.0266. The van der Waals surface area contributed by atoms with Gasteiger partial charge in [0.05, 0.1) is 12.6 Å². The summed E-state index contributed by atoms with van der Waals surface area (Å²) in [6.07, 6.45) is 0.271. The van der Waals surface area contributed by atoms with Gasteiger partial charge in [-0.3, -0.25) is 4.79 Å². The molecular weight excluding hydrogens is 216 g/mol. The number of carbonyl (C=O) groups excluding carboxylic acids is 1. The maximum absolute atomic E-state index is 11.6. The third-order valence-corrected chi connectivity index (χ3v) is 3.02. The van der Waals surface area contributed by atoms with Crippen LogP contribution in [0.25, 0.3) is 0 Å². The predicted octanol–water partition coefficient (Wildman–Crippen LogP) is 1.07. The number of hydrogen-bond acceptors (Lipinski definition) is 3. The molecule has 0 fully saturated rings. The monoisotopic (exact) mass is 234 g/mol. The summed E-state index contributed by atoms with van der Waals surface area (Å²) in [4.78, 5) is 13.6. The molecule has 4 heteroatoms. The van der Waals surface area contributed by atoms with E-state index < -0.39 is 6.10 Å². The minimum absolute atomic E-state index is 0.0266. The van der Waals surface area contributed by atoms with E-state index in [1.54, 1.807) is 0 Å². The Balaban J connectivity index is 2.16. The van der Waals surface area contributed by atoms with Crippen LogP contribution >= 0.6 is 0 Å². The molecule has 1 unspecified atom stereocenters. The maximum Gasteiger partial charge on any atom is 0.239 e. The van der Waals surface area contributed by atoms with E-state index in [1.807, 2.05) is 36.1 Å². The first-order valence-corrected chi connectivity index (χ1v) is 6.01. The van der Waals surface area contributed by atoms with Crippen molar-refractivity contribution in [1.29, 1.82) is 0 Å². The molecule has 1 amide bonds. The fraction of sp³-hybridized carbons (Fsp3) is 0.462. The molecule has 1 atom stereocenters. The quantitative estimate of drug-likeness (QED) is 0.822. The van der Waals surface area contributed by atoms with E-state index in [-0.39, 0.29) is 5.91 Å². The van der Waals surface area contributed by atoms with Crippen LogP contribution in [0, 0.1) is 0 Å². The molecule has 0 radical (unpaired) electrons. The van der Waals surface area contributed by atoms with E-state index in [0.29, 0.717) is 19.5 Å². The minimum atomic E-state index is -0.406. The number of fused-ring (bicyclic) bond motifs is 1. The van der Waals surface area contributed by atoms with Gasteiger partial charge in [0.15, 0.2) is 0 Å². The lowest BCUT2D eigenvalue weighted by Gasteiger charge is -2.33. The van der Waals surface area contributed by atoms with Gasteiger partial charge in [-0.15, -0.1) is 0 Å². The van der Waals surface area contributed by atoms with Gasteiger partial charge in [-0.05, 0) is 19.4 Å². The van der Waals surface area contributed by atoms with Crippen LogP contribution in [-0.4, -0.2) is 30.6 Å². The zero-order valence-corrected chi connectivity index (χ0v) is 10.0. The first kappa shape index (κ1) is 11.9. The number of carbonyl (C=O) groups is 1. The maximum atomic E-state index is 11.6. The Morgan fingerprint density at radius 3 is 3.06 bits per heavy atom. The minimum Gasteiger partial charge on any atom is -0.388 e. The van der Waals surface area contributed by atoms with Crippen LogP contribution in [0.5, 0.6) is 0 Å². The number of nitrogens with one attached hydrogen (secondary N) is 1. The van der Waals surface area contributed by atoms with Gasteiger partial charge in [0.1, 0.15) is 0 Å². The van der Waals surface area contributed by atoms with Gasteiger partial charge >= 0.3 is 0 Å². The molecule has 0 spiro atoms. The molecule has 4 nitrogen and oxygen atoms in total. The zero-order chi connectivity index (χ0) is 12.3. The van der Waals surface area contributed by atoms with Crippen molar-refractivity contribution in [3.05, 3.63) is 29.8 Å².